The number of hydrogen-bond acceptors (Lipinski definition) is 4. The Morgan fingerprint density at radius 3 is 2.58 bits per heavy atom. The first-order valence-electron chi connectivity index (χ1n) is 5.72. The second-order valence-electron chi connectivity index (χ2n) is 4.17. The van der Waals surface area contributed by atoms with Crippen LogP contribution in [0.1, 0.15) is 5.56 Å². The third kappa shape index (κ3) is 2.19. The Balaban J connectivity index is 2.19. The van der Waals surface area contributed by atoms with E-state index in [2.05, 4.69) is 22.2 Å². The second kappa shape index (κ2) is 4.83. The summed E-state index contributed by atoms with van der Waals surface area (Å²) in [5.41, 5.74) is 3.80. The molecule has 3 rings (SSSR count). The van der Waals surface area contributed by atoms with E-state index < -0.39 is 0 Å². The molecule has 0 saturated carbocycles. The van der Waals surface area contributed by atoms with Gasteiger partial charge in [-0.1, -0.05) is 53.2 Å². The van der Waals surface area contributed by atoms with Crippen molar-refractivity contribution in [2.45, 2.75) is 12.1 Å². The molecule has 0 aliphatic carbocycles. The summed E-state index contributed by atoms with van der Waals surface area (Å²) in [5, 5.41) is 13.7. The first-order chi connectivity index (χ1) is 9.19. The van der Waals surface area contributed by atoms with Gasteiger partial charge in [-0.05, 0) is 24.8 Å². The fourth-order valence-electron chi connectivity index (χ4n) is 1.85. The van der Waals surface area contributed by atoms with E-state index in [-0.39, 0.29) is 0 Å². The molecule has 0 atom stereocenters. The monoisotopic (exact) mass is 290 g/mol. The molecule has 1 aromatic carbocycles. The molecule has 0 fully saturated rings. The molecular weight excluding hydrogens is 280 g/mol. The van der Waals surface area contributed by atoms with Crippen molar-refractivity contribution in [3.05, 3.63) is 41.0 Å². The van der Waals surface area contributed by atoms with Crippen LogP contribution in [0, 0.1) is 6.92 Å². The summed E-state index contributed by atoms with van der Waals surface area (Å²) in [6.45, 7) is 2.05. The molecule has 4 nitrogen and oxygen atoms in total. The van der Waals surface area contributed by atoms with Gasteiger partial charge in [-0.3, -0.25) is 0 Å². The third-order valence-corrected chi connectivity index (χ3v) is 3.76. The quantitative estimate of drug-likeness (QED) is 0.678. The standard InChI is InChI=1S/C13H11ClN4S/c1-8-3-5-9(6-4-8)10-7-11-15-16-13(19-2)18(11)17-12(10)14/h3-7H,1-2H3. The predicted octanol–water partition coefficient (Wildman–Crippen LogP) is 3.48. The lowest BCUT2D eigenvalue weighted by atomic mass is 10.1. The number of fused-ring (bicyclic) bond motifs is 1. The van der Waals surface area contributed by atoms with Crippen LogP contribution in [-0.2, 0) is 0 Å². The van der Waals surface area contributed by atoms with Crippen molar-refractivity contribution in [1.82, 2.24) is 19.8 Å². The van der Waals surface area contributed by atoms with Crippen LogP contribution in [0.15, 0.2) is 35.5 Å². The molecular formula is C13H11ClN4S. The Kier molecular flexibility index (Phi) is 3.16. The van der Waals surface area contributed by atoms with E-state index >= 15 is 0 Å². The van der Waals surface area contributed by atoms with Crippen molar-refractivity contribution in [3.63, 3.8) is 0 Å². The van der Waals surface area contributed by atoms with Crippen molar-refractivity contribution < 1.29 is 0 Å². The van der Waals surface area contributed by atoms with Crippen LogP contribution in [0.4, 0.5) is 0 Å². The maximum absolute atomic E-state index is 6.27. The molecule has 6 heteroatoms. The summed E-state index contributed by atoms with van der Waals surface area (Å²) < 4.78 is 1.66. The topological polar surface area (TPSA) is 43.1 Å². The molecule has 0 amide bonds. The van der Waals surface area contributed by atoms with E-state index in [4.69, 9.17) is 11.6 Å². The Morgan fingerprint density at radius 1 is 1.16 bits per heavy atom. The van der Waals surface area contributed by atoms with Crippen LogP contribution in [0.25, 0.3) is 16.8 Å². The summed E-state index contributed by atoms with van der Waals surface area (Å²) in [6, 6.07) is 10.1. The lowest BCUT2D eigenvalue weighted by Crippen LogP contribution is -1.96. The number of rotatable bonds is 2. The number of hydrogen-bond donors (Lipinski definition) is 0. The molecule has 0 unspecified atom stereocenters. The summed E-state index contributed by atoms with van der Waals surface area (Å²) in [6.07, 6.45) is 1.93. The van der Waals surface area contributed by atoms with Gasteiger partial charge in [-0.25, -0.2) is 0 Å². The largest absolute Gasteiger partial charge is 0.212 e. The molecule has 2 heterocycles. The minimum Gasteiger partial charge on any atom is -0.186 e. The van der Waals surface area contributed by atoms with Crippen LogP contribution in [-0.4, -0.2) is 26.1 Å². The van der Waals surface area contributed by atoms with Gasteiger partial charge in [-0.15, -0.1) is 10.2 Å². The van der Waals surface area contributed by atoms with Gasteiger partial charge in [0.05, 0.1) is 0 Å². The molecule has 0 saturated heterocycles. The number of thioether (sulfide) groups is 1. The third-order valence-electron chi connectivity index (χ3n) is 2.86. The number of nitrogens with zero attached hydrogens (tertiary/aromatic N) is 4. The van der Waals surface area contributed by atoms with Gasteiger partial charge in [0, 0.05) is 5.56 Å². The van der Waals surface area contributed by atoms with Gasteiger partial charge in [0.2, 0.25) is 5.16 Å². The van der Waals surface area contributed by atoms with Crippen molar-refractivity contribution in [1.29, 1.82) is 0 Å². The lowest BCUT2D eigenvalue weighted by Gasteiger charge is -2.05. The smallest absolute Gasteiger partial charge is 0.186 e. The van der Waals surface area contributed by atoms with E-state index in [9.17, 15) is 0 Å². The van der Waals surface area contributed by atoms with Crippen LogP contribution in [0.2, 0.25) is 5.15 Å². The summed E-state index contributed by atoms with van der Waals surface area (Å²) in [7, 11) is 0. The summed E-state index contributed by atoms with van der Waals surface area (Å²) in [5.74, 6) is 0. The van der Waals surface area contributed by atoms with Gasteiger partial charge in [0.25, 0.3) is 0 Å². The molecule has 0 aliphatic heterocycles. The Labute approximate surface area is 119 Å². The highest BCUT2D eigenvalue weighted by atomic mass is 35.5. The average molecular weight is 291 g/mol. The molecule has 3 aromatic rings. The highest BCUT2D eigenvalue weighted by Gasteiger charge is 2.11. The fraction of sp³-hybridized carbons (Fsp3) is 0.154. The molecule has 19 heavy (non-hydrogen) atoms. The van der Waals surface area contributed by atoms with Gasteiger partial charge in [0.15, 0.2) is 10.8 Å². The highest BCUT2D eigenvalue weighted by molar-refractivity contribution is 7.98. The summed E-state index contributed by atoms with van der Waals surface area (Å²) >= 11 is 7.75. The predicted molar refractivity (Wildman–Crippen MR) is 77.7 cm³/mol. The van der Waals surface area contributed by atoms with Crippen molar-refractivity contribution >= 4 is 29.0 Å². The van der Waals surface area contributed by atoms with E-state index in [0.717, 1.165) is 16.3 Å². The minimum atomic E-state index is 0.450. The van der Waals surface area contributed by atoms with E-state index in [1.54, 1.807) is 4.52 Å². The van der Waals surface area contributed by atoms with Crippen LogP contribution in [0.3, 0.4) is 0 Å². The van der Waals surface area contributed by atoms with Crippen LogP contribution >= 0.6 is 23.4 Å². The van der Waals surface area contributed by atoms with Gasteiger partial charge < -0.3 is 0 Å². The zero-order valence-corrected chi connectivity index (χ0v) is 12.0. The second-order valence-corrected chi connectivity index (χ2v) is 5.30. The van der Waals surface area contributed by atoms with Gasteiger partial charge in [0.1, 0.15) is 0 Å². The normalized spacial score (nSPS) is 11.1. The molecule has 0 spiro atoms. The maximum Gasteiger partial charge on any atom is 0.212 e. The molecule has 96 valence electrons. The zero-order valence-electron chi connectivity index (χ0n) is 10.5. The number of halogens is 1. The molecule has 0 bridgehead atoms. The minimum absolute atomic E-state index is 0.450. The van der Waals surface area contributed by atoms with Crippen molar-refractivity contribution in [2.75, 3.05) is 6.26 Å². The SMILES string of the molecule is CSc1nnc2cc(-c3ccc(C)cc3)c(Cl)nn12. The van der Waals surface area contributed by atoms with E-state index in [1.165, 1.54) is 17.3 Å². The Morgan fingerprint density at radius 2 is 1.89 bits per heavy atom. The maximum atomic E-state index is 6.27. The highest BCUT2D eigenvalue weighted by Crippen LogP contribution is 2.28. The average Bonchev–Trinajstić information content (AvgIpc) is 2.81. The number of aryl methyl sites for hydroxylation is 1. The lowest BCUT2D eigenvalue weighted by molar-refractivity contribution is 0.811. The molecule has 0 N–H and O–H groups in total. The van der Waals surface area contributed by atoms with Gasteiger partial charge >= 0.3 is 0 Å². The first-order valence-corrected chi connectivity index (χ1v) is 7.32. The van der Waals surface area contributed by atoms with Crippen molar-refractivity contribution in [2.24, 2.45) is 0 Å². The number of aromatic nitrogens is 4. The summed E-state index contributed by atoms with van der Waals surface area (Å²) in [4.78, 5) is 0. The Hall–Kier alpha value is -1.59. The zero-order chi connectivity index (χ0) is 13.4. The van der Waals surface area contributed by atoms with Crippen LogP contribution in [0.5, 0.6) is 0 Å². The van der Waals surface area contributed by atoms with E-state index in [0.29, 0.717) is 10.8 Å². The molecule has 2 aromatic heterocycles. The van der Waals surface area contributed by atoms with Crippen molar-refractivity contribution in [3.8, 4) is 11.1 Å². The van der Waals surface area contributed by atoms with Gasteiger partial charge in [-0.2, -0.15) is 9.61 Å². The number of benzene rings is 1. The van der Waals surface area contributed by atoms with E-state index in [1.807, 2.05) is 36.6 Å². The fourth-order valence-corrected chi connectivity index (χ4v) is 2.52. The molecule has 0 aliphatic rings. The first kappa shape index (κ1) is 12.4. The Bertz CT molecular complexity index is 736. The van der Waals surface area contributed by atoms with Crippen LogP contribution < -0.4 is 0 Å². The molecule has 0 radical (unpaired) electrons.